The molecule has 0 fully saturated rings. The van der Waals surface area contributed by atoms with Crippen LogP contribution in [-0.2, 0) is 13.1 Å². The lowest BCUT2D eigenvalue weighted by atomic mass is 10.2. The van der Waals surface area contributed by atoms with Crippen molar-refractivity contribution in [2.45, 2.75) is 13.1 Å². The van der Waals surface area contributed by atoms with Gasteiger partial charge in [-0.3, -0.25) is 0 Å². The maximum Gasteiger partial charge on any atom is 0.140 e. The van der Waals surface area contributed by atoms with Crippen molar-refractivity contribution in [3.8, 4) is 0 Å². The molecule has 0 aliphatic rings. The summed E-state index contributed by atoms with van der Waals surface area (Å²) in [5, 5.41) is 1.40. The Balaban J connectivity index is 2.12. The minimum absolute atomic E-state index is 0.315. The molecular formula is C15H13ClFN3. The molecule has 0 aliphatic heterocycles. The molecule has 20 heavy (non-hydrogen) atoms. The van der Waals surface area contributed by atoms with Crippen LogP contribution in [-0.4, -0.2) is 9.55 Å². The van der Waals surface area contributed by atoms with Gasteiger partial charge in [-0.2, -0.15) is 0 Å². The van der Waals surface area contributed by atoms with E-state index in [-0.39, 0.29) is 5.82 Å². The molecule has 3 rings (SSSR count). The summed E-state index contributed by atoms with van der Waals surface area (Å²) >= 11 is 6.07. The van der Waals surface area contributed by atoms with E-state index >= 15 is 0 Å². The maximum absolute atomic E-state index is 13.9. The Labute approximate surface area is 120 Å². The second-order valence-corrected chi connectivity index (χ2v) is 4.97. The predicted molar refractivity (Wildman–Crippen MR) is 78.1 cm³/mol. The first-order valence-electron chi connectivity index (χ1n) is 6.26. The third-order valence-corrected chi connectivity index (χ3v) is 3.68. The van der Waals surface area contributed by atoms with E-state index in [1.807, 2.05) is 22.9 Å². The highest BCUT2D eigenvalue weighted by Gasteiger charge is 2.12. The molecule has 0 unspecified atom stereocenters. The fraction of sp³-hybridized carbons (Fsp3) is 0.133. The zero-order valence-corrected chi connectivity index (χ0v) is 11.4. The first kappa shape index (κ1) is 13.1. The normalized spacial score (nSPS) is 11.2. The number of fused-ring (bicyclic) bond motifs is 1. The molecule has 2 heterocycles. The summed E-state index contributed by atoms with van der Waals surface area (Å²) < 4.78 is 15.8. The molecule has 5 heteroatoms. The van der Waals surface area contributed by atoms with Gasteiger partial charge in [0.05, 0.1) is 6.54 Å². The number of nitrogens with two attached hydrogens (primary N) is 1. The molecule has 0 atom stereocenters. The standard InChI is InChI=1S/C15H13ClFN3/c16-13-4-1-5-14(17)12(13)9-20-8-10(7-18)11-3-2-6-19-15(11)20/h1-6,8H,7,9,18H2. The van der Waals surface area contributed by atoms with Gasteiger partial charge in [-0.25, -0.2) is 9.37 Å². The first-order valence-corrected chi connectivity index (χ1v) is 6.64. The van der Waals surface area contributed by atoms with Crippen molar-refractivity contribution in [2.24, 2.45) is 5.73 Å². The summed E-state index contributed by atoms with van der Waals surface area (Å²) in [7, 11) is 0. The van der Waals surface area contributed by atoms with Gasteiger partial charge in [-0.1, -0.05) is 17.7 Å². The number of hydrogen-bond donors (Lipinski definition) is 1. The van der Waals surface area contributed by atoms with Crippen LogP contribution in [0.3, 0.4) is 0 Å². The lowest BCUT2D eigenvalue weighted by molar-refractivity contribution is 0.601. The van der Waals surface area contributed by atoms with Crippen LogP contribution < -0.4 is 5.73 Å². The van der Waals surface area contributed by atoms with Gasteiger partial charge in [-0.05, 0) is 29.8 Å². The van der Waals surface area contributed by atoms with Crippen LogP contribution in [0.5, 0.6) is 0 Å². The van der Waals surface area contributed by atoms with Gasteiger partial charge in [0, 0.05) is 34.9 Å². The van der Waals surface area contributed by atoms with Crippen LogP contribution >= 0.6 is 11.6 Å². The topological polar surface area (TPSA) is 43.8 Å². The summed E-state index contributed by atoms with van der Waals surface area (Å²) in [6.07, 6.45) is 3.61. The van der Waals surface area contributed by atoms with Gasteiger partial charge in [0.1, 0.15) is 11.5 Å². The van der Waals surface area contributed by atoms with E-state index in [9.17, 15) is 4.39 Å². The molecule has 0 bridgehead atoms. The molecule has 3 nitrogen and oxygen atoms in total. The van der Waals surface area contributed by atoms with Crippen molar-refractivity contribution in [3.63, 3.8) is 0 Å². The monoisotopic (exact) mass is 289 g/mol. The summed E-state index contributed by atoms with van der Waals surface area (Å²) in [6, 6.07) is 8.51. The molecule has 0 saturated heterocycles. The van der Waals surface area contributed by atoms with Crippen LogP contribution in [0.2, 0.25) is 5.02 Å². The van der Waals surface area contributed by atoms with Crippen LogP contribution in [0.15, 0.2) is 42.7 Å². The fourth-order valence-corrected chi connectivity index (χ4v) is 2.55. The molecule has 2 N–H and O–H groups in total. The van der Waals surface area contributed by atoms with Crippen LogP contribution in [0, 0.1) is 5.82 Å². The van der Waals surface area contributed by atoms with Crippen molar-refractivity contribution >= 4 is 22.6 Å². The Morgan fingerprint density at radius 1 is 1.25 bits per heavy atom. The van der Waals surface area contributed by atoms with E-state index in [0.717, 1.165) is 16.6 Å². The highest BCUT2D eigenvalue weighted by Crippen LogP contribution is 2.24. The summed E-state index contributed by atoms with van der Waals surface area (Å²) in [5.74, 6) is -0.315. The van der Waals surface area contributed by atoms with Gasteiger partial charge in [-0.15, -0.1) is 0 Å². The van der Waals surface area contributed by atoms with Gasteiger partial charge < -0.3 is 10.3 Å². The van der Waals surface area contributed by atoms with E-state index in [2.05, 4.69) is 4.98 Å². The molecule has 0 aliphatic carbocycles. The average molecular weight is 290 g/mol. The van der Waals surface area contributed by atoms with Crippen LogP contribution in [0.4, 0.5) is 4.39 Å². The zero-order valence-electron chi connectivity index (χ0n) is 10.7. The largest absolute Gasteiger partial charge is 0.328 e. The number of hydrogen-bond acceptors (Lipinski definition) is 2. The molecule has 0 amide bonds. The highest BCUT2D eigenvalue weighted by atomic mass is 35.5. The highest BCUT2D eigenvalue weighted by molar-refractivity contribution is 6.31. The van der Waals surface area contributed by atoms with Gasteiger partial charge in [0.2, 0.25) is 0 Å². The number of pyridine rings is 1. The van der Waals surface area contributed by atoms with Crippen molar-refractivity contribution in [1.82, 2.24) is 9.55 Å². The Morgan fingerprint density at radius 3 is 2.85 bits per heavy atom. The molecule has 1 aromatic carbocycles. The Bertz CT molecular complexity index is 747. The van der Waals surface area contributed by atoms with E-state index in [4.69, 9.17) is 17.3 Å². The summed E-state index contributed by atoms with van der Waals surface area (Å²) in [5.41, 5.74) is 7.97. The Morgan fingerprint density at radius 2 is 2.10 bits per heavy atom. The molecule has 0 spiro atoms. The smallest absolute Gasteiger partial charge is 0.140 e. The number of rotatable bonds is 3. The minimum atomic E-state index is -0.315. The van der Waals surface area contributed by atoms with E-state index in [1.54, 1.807) is 18.3 Å². The number of halogens is 2. The van der Waals surface area contributed by atoms with Crippen LogP contribution in [0.25, 0.3) is 11.0 Å². The van der Waals surface area contributed by atoms with Crippen molar-refractivity contribution < 1.29 is 4.39 Å². The first-order chi connectivity index (χ1) is 9.70. The van der Waals surface area contributed by atoms with Crippen molar-refractivity contribution in [1.29, 1.82) is 0 Å². The van der Waals surface area contributed by atoms with Gasteiger partial charge in [0.25, 0.3) is 0 Å². The second kappa shape index (κ2) is 5.23. The Hall–Kier alpha value is -1.91. The average Bonchev–Trinajstić information content (AvgIpc) is 2.81. The predicted octanol–water partition coefficient (Wildman–Crippen LogP) is 3.34. The second-order valence-electron chi connectivity index (χ2n) is 4.56. The Kier molecular flexibility index (Phi) is 3.42. The van der Waals surface area contributed by atoms with Crippen molar-refractivity contribution in [2.75, 3.05) is 0 Å². The third-order valence-electron chi connectivity index (χ3n) is 3.33. The summed E-state index contributed by atoms with van der Waals surface area (Å²) in [4.78, 5) is 4.35. The minimum Gasteiger partial charge on any atom is -0.328 e. The quantitative estimate of drug-likeness (QED) is 0.804. The zero-order chi connectivity index (χ0) is 14.1. The fourth-order valence-electron chi connectivity index (χ4n) is 2.33. The number of nitrogens with zero attached hydrogens (tertiary/aromatic N) is 2. The number of aromatic nitrogens is 2. The molecular weight excluding hydrogens is 277 g/mol. The molecule has 3 aromatic rings. The van der Waals surface area contributed by atoms with Gasteiger partial charge >= 0.3 is 0 Å². The lowest BCUT2D eigenvalue weighted by Gasteiger charge is -2.08. The SMILES string of the molecule is NCc1cn(Cc2c(F)cccc2Cl)c2ncccc12. The number of benzene rings is 1. The molecule has 0 saturated carbocycles. The van der Waals surface area contributed by atoms with E-state index < -0.39 is 0 Å². The van der Waals surface area contributed by atoms with Gasteiger partial charge in [0.15, 0.2) is 0 Å². The lowest BCUT2D eigenvalue weighted by Crippen LogP contribution is -2.02. The van der Waals surface area contributed by atoms with Crippen molar-refractivity contribution in [3.05, 3.63) is 64.7 Å². The van der Waals surface area contributed by atoms with E-state index in [1.165, 1.54) is 6.07 Å². The molecule has 2 aromatic heterocycles. The van der Waals surface area contributed by atoms with E-state index in [0.29, 0.717) is 23.7 Å². The maximum atomic E-state index is 13.9. The third kappa shape index (κ3) is 2.17. The molecule has 0 radical (unpaired) electrons. The van der Waals surface area contributed by atoms with Crippen LogP contribution in [0.1, 0.15) is 11.1 Å². The molecule has 102 valence electrons. The summed E-state index contributed by atoms with van der Waals surface area (Å²) in [6.45, 7) is 0.749.